The Kier molecular flexibility index (Phi) is 4.37. The molecule has 106 valence electrons. The summed E-state index contributed by atoms with van der Waals surface area (Å²) in [6.45, 7) is 2.06. The lowest BCUT2D eigenvalue weighted by atomic mass is 10.3. The van der Waals surface area contributed by atoms with Crippen molar-refractivity contribution < 1.29 is 8.42 Å². The highest BCUT2D eigenvalue weighted by atomic mass is 35.5. The fraction of sp³-hybridized carbons (Fsp3) is 0.231. The smallest absolute Gasteiger partial charge is 0.243 e. The highest BCUT2D eigenvalue weighted by molar-refractivity contribution is 7.89. The van der Waals surface area contributed by atoms with Crippen LogP contribution in [-0.4, -0.2) is 29.7 Å². The fourth-order valence-corrected chi connectivity index (χ4v) is 3.12. The first-order valence-electron chi connectivity index (χ1n) is 5.90. The summed E-state index contributed by atoms with van der Waals surface area (Å²) in [6, 6.07) is 8.25. The van der Waals surface area contributed by atoms with E-state index in [2.05, 4.69) is 9.97 Å². The van der Waals surface area contributed by atoms with Gasteiger partial charge in [-0.05, 0) is 31.2 Å². The Labute approximate surface area is 123 Å². The van der Waals surface area contributed by atoms with E-state index in [-0.39, 0.29) is 16.6 Å². The van der Waals surface area contributed by atoms with Crippen molar-refractivity contribution in [3.05, 3.63) is 53.1 Å². The van der Waals surface area contributed by atoms with Gasteiger partial charge in [0.05, 0.1) is 17.1 Å². The largest absolute Gasteiger partial charge is 0.257 e. The Morgan fingerprint density at radius 3 is 2.70 bits per heavy atom. The minimum absolute atomic E-state index is 0.118. The van der Waals surface area contributed by atoms with Gasteiger partial charge < -0.3 is 0 Å². The van der Waals surface area contributed by atoms with Crippen LogP contribution in [0, 0.1) is 6.92 Å². The van der Waals surface area contributed by atoms with Crippen LogP contribution in [0.25, 0.3) is 0 Å². The molecule has 0 radical (unpaired) electrons. The van der Waals surface area contributed by atoms with Crippen LogP contribution >= 0.6 is 11.6 Å². The van der Waals surface area contributed by atoms with Crippen LogP contribution in [0.2, 0.25) is 5.15 Å². The van der Waals surface area contributed by atoms with Crippen molar-refractivity contribution >= 4 is 21.6 Å². The zero-order valence-electron chi connectivity index (χ0n) is 11.1. The number of hydrogen-bond donors (Lipinski definition) is 0. The minimum Gasteiger partial charge on any atom is -0.257 e. The van der Waals surface area contributed by atoms with Crippen molar-refractivity contribution in [1.29, 1.82) is 0 Å². The Morgan fingerprint density at radius 2 is 2.05 bits per heavy atom. The molecule has 2 heterocycles. The predicted octanol–water partition coefficient (Wildman–Crippen LogP) is 2.26. The van der Waals surface area contributed by atoms with Crippen LogP contribution in [0.1, 0.15) is 11.4 Å². The van der Waals surface area contributed by atoms with E-state index in [0.717, 1.165) is 5.69 Å². The number of pyridine rings is 2. The number of sulfonamides is 1. The van der Waals surface area contributed by atoms with Gasteiger partial charge in [-0.1, -0.05) is 17.7 Å². The lowest BCUT2D eigenvalue weighted by Crippen LogP contribution is -2.27. The summed E-state index contributed by atoms with van der Waals surface area (Å²) in [5.74, 6) is 0. The van der Waals surface area contributed by atoms with Crippen molar-refractivity contribution in [2.45, 2.75) is 18.4 Å². The van der Waals surface area contributed by atoms with Gasteiger partial charge >= 0.3 is 0 Å². The molecule has 2 aromatic rings. The molecule has 0 N–H and O–H groups in total. The maximum Gasteiger partial charge on any atom is 0.243 e. The second-order valence-electron chi connectivity index (χ2n) is 4.35. The molecule has 2 rings (SSSR count). The van der Waals surface area contributed by atoms with E-state index < -0.39 is 10.0 Å². The molecule has 20 heavy (non-hydrogen) atoms. The monoisotopic (exact) mass is 311 g/mol. The van der Waals surface area contributed by atoms with E-state index in [1.165, 1.54) is 29.7 Å². The number of hydrogen-bond acceptors (Lipinski definition) is 4. The van der Waals surface area contributed by atoms with Gasteiger partial charge in [0.25, 0.3) is 0 Å². The molecule has 5 nitrogen and oxygen atoms in total. The third-order valence-electron chi connectivity index (χ3n) is 2.74. The standard InChI is InChI=1S/C13H14ClN3O2S/c1-10-4-3-5-11(16-10)9-17(2)20(18,19)12-6-7-15-13(14)8-12/h3-8H,9H2,1-2H3. The molecule has 0 atom stereocenters. The summed E-state index contributed by atoms with van der Waals surface area (Å²) in [5.41, 5.74) is 1.54. The molecule has 0 aliphatic carbocycles. The molecular formula is C13H14ClN3O2S. The van der Waals surface area contributed by atoms with E-state index >= 15 is 0 Å². The molecule has 0 bridgehead atoms. The summed E-state index contributed by atoms with van der Waals surface area (Å²) in [4.78, 5) is 8.19. The summed E-state index contributed by atoms with van der Waals surface area (Å²) < 4.78 is 26.0. The molecule has 2 aromatic heterocycles. The van der Waals surface area contributed by atoms with Crippen molar-refractivity contribution in [3.8, 4) is 0 Å². The van der Waals surface area contributed by atoms with Gasteiger partial charge in [-0.25, -0.2) is 13.4 Å². The summed E-state index contributed by atoms with van der Waals surface area (Å²) in [5, 5.41) is 0.146. The first kappa shape index (κ1) is 14.9. The lowest BCUT2D eigenvalue weighted by molar-refractivity contribution is 0.461. The van der Waals surface area contributed by atoms with Gasteiger partial charge in [0.1, 0.15) is 5.15 Å². The van der Waals surface area contributed by atoms with E-state index in [1.807, 2.05) is 19.1 Å². The molecule has 0 saturated carbocycles. The first-order valence-corrected chi connectivity index (χ1v) is 7.72. The third-order valence-corrected chi connectivity index (χ3v) is 4.74. The van der Waals surface area contributed by atoms with Gasteiger partial charge in [-0.15, -0.1) is 0 Å². The van der Waals surface area contributed by atoms with E-state index in [9.17, 15) is 8.42 Å². The van der Waals surface area contributed by atoms with Crippen LogP contribution < -0.4 is 0 Å². The molecule has 0 saturated heterocycles. The van der Waals surface area contributed by atoms with Gasteiger partial charge in [0.15, 0.2) is 0 Å². The summed E-state index contributed by atoms with van der Waals surface area (Å²) in [6.07, 6.45) is 1.37. The Bertz CT molecular complexity index is 719. The highest BCUT2D eigenvalue weighted by Crippen LogP contribution is 2.18. The summed E-state index contributed by atoms with van der Waals surface area (Å²) >= 11 is 5.73. The summed E-state index contributed by atoms with van der Waals surface area (Å²) in [7, 11) is -2.10. The molecule has 0 fully saturated rings. The molecule has 0 aliphatic rings. The number of aromatic nitrogens is 2. The minimum atomic E-state index is -3.60. The maximum absolute atomic E-state index is 12.4. The number of rotatable bonds is 4. The predicted molar refractivity (Wildman–Crippen MR) is 76.9 cm³/mol. The maximum atomic E-state index is 12.4. The zero-order valence-corrected chi connectivity index (χ0v) is 12.7. The first-order chi connectivity index (χ1) is 9.39. The van der Waals surface area contributed by atoms with Crippen LogP contribution in [0.3, 0.4) is 0 Å². The van der Waals surface area contributed by atoms with Crippen molar-refractivity contribution in [2.75, 3.05) is 7.05 Å². The average Bonchev–Trinajstić information content (AvgIpc) is 2.38. The molecule has 0 amide bonds. The van der Waals surface area contributed by atoms with Gasteiger partial charge in [-0.2, -0.15) is 4.31 Å². The van der Waals surface area contributed by atoms with Crippen LogP contribution in [0.15, 0.2) is 41.4 Å². The molecule has 0 aliphatic heterocycles. The van der Waals surface area contributed by atoms with Crippen molar-refractivity contribution in [1.82, 2.24) is 14.3 Å². The van der Waals surface area contributed by atoms with Gasteiger partial charge in [-0.3, -0.25) is 4.98 Å². The molecule has 0 spiro atoms. The van der Waals surface area contributed by atoms with Crippen LogP contribution in [0.4, 0.5) is 0 Å². The quantitative estimate of drug-likeness (QED) is 0.813. The zero-order chi connectivity index (χ0) is 14.8. The SMILES string of the molecule is Cc1cccc(CN(C)S(=O)(=O)c2ccnc(Cl)c2)n1. The molecule has 0 unspecified atom stereocenters. The Balaban J connectivity index is 2.26. The lowest BCUT2D eigenvalue weighted by Gasteiger charge is -2.17. The molecule has 7 heteroatoms. The number of nitrogens with zero attached hydrogens (tertiary/aromatic N) is 3. The van der Waals surface area contributed by atoms with E-state index in [0.29, 0.717) is 5.69 Å². The topological polar surface area (TPSA) is 63.2 Å². The van der Waals surface area contributed by atoms with E-state index in [1.54, 1.807) is 6.07 Å². The number of aryl methyl sites for hydroxylation is 1. The van der Waals surface area contributed by atoms with Crippen molar-refractivity contribution in [3.63, 3.8) is 0 Å². The third kappa shape index (κ3) is 3.33. The molecule has 0 aromatic carbocycles. The van der Waals surface area contributed by atoms with E-state index in [4.69, 9.17) is 11.6 Å². The normalized spacial score (nSPS) is 11.8. The number of halogens is 1. The highest BCUT2D eigenvalue weighted by Gasteiger charge is 2.21. The Hall–Kier alpha value is -1.50. The Morgan fingerprint density at radius 1 is 1.30 bits per heavy atom. The van der Waals surface area contributed by atoms with Gasteiger partial charge in [0, 0.05) is 18.9 Å². The van der Waals surface area contributed by atoms with Crippen LogP contribution in [0.5, 0.6) is 0 Å². The molecular weight excluding hydrogens is 298 g/mol. The average molecular weight is 312 g/mol. The van der Waals surface area contributed by atoms with Gasteiger partial charge in [0.2, 0.25) is 10.0 Å². The second-order valence-corrected chi connectivity index (χ2v) is 6.78. The fourth-order valence-electron chi connectivity index (χ4n) is 1.73. The van der Waals surface area contributed by atoms with Crippen molar-refractivity contribution in [2.24, 2.45) is 0 Å². The second kappa shape index (κ2) is 5.87. The van der Waals surface area contributed by atoms with Crippen LogP contribution in [-0.2, 0) is 16.6 Å².